The number of aromatic nitrogens is 5. The molecule has 9 heteroatoms. The minimum atomic E-state index is -0.434. The van der Waals surface area contributed by atoms with Gasteiger partial charge in [-0.05, 0) is 37.6 Å². The number of fused-ring (bicyclic) bond motifs is 1. The van der Waals surface area contributed by atoms with E-state index in [1.54, 1.807) is 18.2 Å². The molecule has 4 rings (SSSR count). The van der Waals surface area contributed by atoms with Gasteiger partial charge < -0.3 is 10.6 Å². The van der Waals surface area contributed by atoms with Gasteiger partial charge in [0.2, 0.25) is 5.95 Å². The third-order valence-electron chi connectivity index (χ3n) is 4.47. The van der Waals surface area contributed by atoms with Crippen LogP contribution in [-0.4, -0.2) is 25.1 Å². The van der Waals surface area contributed by atoms with Crippen LogP contribution in [-0.2, 0) is 6.42 Å². The molecule has 0 fully saturated rings. The van der Waals surface area contributed by atoms with Gasteiger partial charge in [-0.25, -0.2) is 13.8 Å². The first-order chi connectivity index (χ1) is 14.0. The Labute approximate surface area is 165 Å². The summed E-state index contributed by atoms with van der Waals surface area (Å²) in [7, 11) is 0. The highest BCUT2D eigenvalue weighted by atomic mass is 19.1. The number of anilines is 3. The zero-order valence-corrected chi connectivity index (χ0v) is 15.9. The number of benzene rings is 1. The minimum Gasteiger partial charge on any atom is -0.346 e. The fourth-order valence-corrected chi connectivity index (χ4v) is 2.94. The van der Waals surface area contributed by atoms with Gasteiger partial charge in [-0.1, -0.05) is 13.0 Å². The van der Waals surface area contributed by atoms with Crippen LogP contribution in [0, 0.1) is 11.6 Å². The van der Waals surface area contributed by atoms with E-state index in [0.717, 1.165) is 18.3 Å². The molecule has 148 valence electrons. The predicted octanol–water partition coefficient (Wildman–Crippen LogP) is 4.51. The lowest BCUT2D eigenvalue weighted by atomic mass is 10.2. The number of nitrogens with zero attached hydrogens (tertiary/aromatic N) is 4. The van der Waals surface area contributed by atoms with Crippen LogP contribution < -0.4 is 10.6 Å². The Morgan fingerprint density at radius 1 is 1.14 bits per heavy atom. The Bertz CT molecular complexity index is 1140. The summed E-state index contributed by atoms with van der Waals surface area (Å²) >= 11 is 0. The molecule has 0 saturated heterocycles. The average molecular weight is 395 g/mol. The van der Waals surface area contributed by atoms with Crippen molar-refractivity contribution in [2.45, 2.75) is 26.3 Å². The molecule has 0 aliphatic rings. The van der Waals surface area contributed by atoms with E-state index in [2.05, 4.69) is 35.8 Å². The zero-order chi connectivity index (χ0) is 20.4. The van der Waals surface area contributed by atoms with Gasteiger partial charge in [0.25, 0.3) is 0 Å². The topological polar surface area (TPSA) is 91.4 Å². The number of rotatable bonds is 6. The highest BCUT2D eigenvalue weighted by molar-refractivity contribution is 5.92. The largest absolute Gasteiger partial charge is 0.346 e. The molecular weight excluding hydrogens is 376 g/mol. The first-order valence-electron chi connectivity index (χ1n) is 9.19. The van der Waals surface area contributed by atoms with Gasteiger partial charge in [-0.2, -0.15) is 10.1 Å². The zero-order valence-electron chi connectivity index (χ0n) is 15.9. The van der Waals surface area contributed by atoms with Gasteiger partial charge in [-0.3, -0.25) is 10.1 Å². The molecule has 0 radical (unpaired) electrons. The van der Waals surface area contributed by atoms with Crippen molar-refractivity contribution in [1.82, 2.24) is 25.1 Å². The molecule has 0 aliphatic heterocycles. The molecule has 0 aliphatic carbocycles. The maximum absolute atomic E-state index is 14.5. The summed E-state index contributed by atoms with van der Waals surface area (Å²) in [6, 6.07) is 9.14. The van der Waals surface area contributed by atoms with Crippen LogP contribution in [0.5, 0.6) is 0 Å². The number of aryl methyl sites for hydroxylation is 1. The molecular formula is C20H19F2N7. The van der Waals surface area contributed by atoms with Crippen LogP contribution in [0.1, 0.15) is 31.3 Å². The molecule has 1 aromatic carbocycles. The molecule has 3 heterocycles. The van der Waals surface area contributed by atoms with Gasteiger partial charge in [0.05, 0.1) is 28.8 Å². The normalized spacial score (nSPS) is 12.1. The van der Waals surface area contributed by atoms with Crippen molar-refractivity contribution in [3.8, 4) is 0 Å². The standard InChI is InChI=1S/C20H19F2N7/c1-3-13-9-17(29-28-13)26-19-18-14(22)5-4-6-16(18)25-20(27-19)24-11(2)15-8-7-12(21)10-23-15/h4-11H,3H2,1-2H3,(H3,24,25,26,27,28,29)/t11-/m0/s1. The number of aromatic amines is 1. The number of H-pyrrole nitrogens is 1. The molecule has 0 saturated carbocycles. The maximum Gasteiger partial charge on any atom is 0.225 e. The van der Waals surface area contributed by atoms with Crippen LogP contribution >= 0.6 is 0 Å². The predicted molar refractivity (Wildman–Crippen MR) is 107 cm³/mol. The van der Waals surface area contributed by atoms with E-state index in [1.165, 1.54) is 12.1 Å². The van der Waals surface area contributed by atoms with E-state index in [4.69, 9.17) is 0 Å². The minimum absolute atomic E-state index is 0.270. The van der Waals surface area contributed by atoms with E-state index in [-0.39, 0.29) is 17.4 Å². The number of nitrogens with one attached hydrogen (secondary N) is 3. The lowest BCUT2D eigenvalue weighted by Gasteiger charge is -2.15. The van der Waals surface area contributed by atoms with Gasteiger partial charge in [-0.15, -0.1) is 0 Å². The van der Waals surface area contributed by atoms with Crippen LogP contribution in [0.3, 0.4) is 0 Å². The van der Waals surface area contributed by atoms with Crippen molar-refractivity contribution in [3.05, 3.63) is 65.6 Å². The van der Waals surface area contributed by atoms with Crippen molar-refractivity contribution < 1.29 is 8.78 Å². The Balaban J connectivity index is 1.70. The molecule has 3 N–H and O–H groups in total. The van der Waals surface area contributed by atoms with Gasteiger partial charge in [0, 0.05) is 11.8 Å². The molecule has 3 aromatic heterocycles. The van der Waals surface area contributed by atoms with Crippen molar-refractivity contribution in [1.29, 1.82) is 0 Å². The molecule has 29 heavy (non-hydrogen) atoms. The molecule has 1 atom stereocenters. The van der Waals surface area contributed by atoms with E-state index < -0.39 is 11.6 Å². The Morgan fingerprint density at radius 2 is 2.00 bits per heavy atom. The lowest BCUT2D eigenvalue weighted by molar-refractivity contribution is 0.617. The van der Waals surface area contributed by atoms with Crippen LogP contribution in [0.2, 0.25) is 0 Å². The first kappa shape index (κ1) is 18.7. The van der Waals surface area contributed by atoms with Gasteiger partial charge in [0.1, 0.15) is 17.5 Å². The van der Waals surface area contributed by atoms with Crippen molar-refractivity contribution in [2.24, 2.45) is 0 Å². The summed E-state index contributed by atoms with van der Waals surface area (Å²) < 4.78 is 27.6. The molecule has 0 amide bonds. The number of halogens is 2. The molecule has 7 nitrogen and oxygen atoms in total. The third kappa shape index (κ3) is 3.98. The van der Waals surface area contributed by atoms with E-state index in [1.807, 2.05) is 19.9 Å². The van der Waals surface area contributed by atoms with Gasteiger partial charge >= 0.3 is 0 Å². The van der Waals surface area contributed by atoms with Crippen LogP contribution in [0.4, 0.5) is 26.4 Å². The second kappa shape index (κ2) is 7.78. The summed E-state index contributed by atoms with van der Waals surface area (Å²) in [5, 5.41) is 13.6. The monoisotopic (exact) mass is 395 g/mol. The highest BCUT2D eigenvalue weighted by Gasteiger charge is 2.15. The summed E-state index contributed by atoms with van der Waals surface area (Å²) in [6.07, 6.45) is 1.95. The van der Waals surface area contributed by atoms with Crippen LogP contribution in [0.15, 0.2) is 42.6 Å². The molecule has 0 unspecified atom stereocenters. The molecule has 0 spiro atoms. The lowest BCUT2D eigenvalue weighted by Crippen LogP contribution is -2.12. The fourth-order valence-electron chi connectivity index (χ4n) is 2.94. The second-order valence-electron chi connectivity index (χ2n) is 6.55. The Morgan fingerprint density at radius 3 is 2.72 bits per heavy atom. The van der Waals surface area contributed by atoms with E-state index >= 15 is 0 Å². The highest BCUT2D eigenvalue weighted by Crippen LogP contribution is 2.28. The fraction of sp³-hybridized carbons (Fsp3) is 0.200. The van der Waals surface area contributed by atoms with Crippen molar-refractivity contribution >= 4 is 28.5 Å². The van der Waals surface area contributed by atoms with Gasteiger partial charge in [0.15, 0.2) is 5.82 Å². The van der Waals surface area contributed by atoms with E-state index in [0.29, 0.717) is 22.8 Å². The Kier molecular flexibility index (Phi) is 5.03. The second-order valence-corrected chi connectivity index (χ2v) is 6.55. The first-order valence-corrected chi connectivity index (χ1v) is 9.19. The number of hydrogen-bond acceptors (Lipinski definition) is 6. The smallest absolute Gasteiger partial charge is 0.225 e. The quantitative estimate of drug-likeness (QED) is 0.445. The number of hydrogen-bond donors (Lipinski definition) is 3. The van der Waals surface area contributed by atoms with Crippen molar-refractivity contribution in [3.63, 3.8) is 0 Å². The number of pyridine rings is 1. The van der Waals surface area contributed by atoms with Crippen molar-refractivity contribution in [2.75, 3.05) is 10.6 Å². The van der Waals surface area contributed by atoms with E-state index in [9.17, 15) is 8.78 Å². The Hall–Kier alpha value is -3.62. The van der Waals surface area contributed by atoms with Crippen LogP contribution in [0.25, 0.3) is 10.9 Å². The summed E-state index contributed by atoms with van der Waals surface area (Å²) in [4.78, 5) is 12.9. The average Bonchev–Trinajstić information content (AvgIpc) is 3.16. The SMILES string of the molecule is CCc1cc(Nc2nc(N[C@@H](C)c3ccc(F)cn3)nc3cccc(F)c23)n[nH]1. The summed E-state index contributed by atoms with van der Waals surface area (Å²) in [6.45, 7) is 3.86. The third-order valence-corrected chi connectivity index (χ3v) is 4.47. The molecule has 4 aromatic rings. The maximum atomic E-state index is 14.5. The summed E-state index contributed by atoms with van der Waals surface area (Å²) in [5.41, 5.74) is 2.01. The summed E-state index contributed by atoms with van der Waals surface area (Å²) in [5.74, 6) is 0.273. The molecule has 0 bridgehead atoms.